The summed E-state index contributed by atoms with van der Waals surface area (Å²) in [6.07, 6.45) is 1.53. The molecule has 168 valence electrons. The van der Waals surface area contributed by atoms with Gasteiger partial charge in [-0.1, -0.05) is 0 Å². The van der Waals surface area contributed by atoms with Crippen molar-refractivity contribution >= 4 is 62.4 Å². The monoisotopic (exact) mass is 463 g/mol. The van der Waals surface area contributed by atoms with Crippen LogP contribution in [0.4, 0.5) is 21.6 Å². The van der Waals surface area contributed by atoms with E-state index in [-0.39, 0.29) is 11.7 Å². The van der Waals surface area contributed by atoms with Crippen LogP contribution in [0.5, 0.6) is 0 Å². The van der Waals surface area contributed by atoms with Crippen LogP contribution < -0.4 is 15.5 Å². The van der Waals surface area contributed by atoms with E-state index in [4.69, 9.17) is 12.2 Å². The average molecular weight is 464 g/mol. The van der Waals surface area contributed by atoms with Gasteiger partial charge in [0, 0.05) is 49.9 Å². The molecule has 0 spiro atoms. The van der Waals surface area contributed by atoms with Crippen LogP contribution in [0.3, 0.4) is 0 Å². The highest BCUT2D eigenvalue weighted by Crippen LogP contribution is 2.31. The van der Waals surface area contributed by atoms with Crippen molar-refractivity contribution in [2.75, 3.05) is 41.7 Å². The lowest BCUT2D eigenvalue weighted by Gasteiger charge is -2.37. The summed E-state index contributed by atoms with van der Waals surface area (Å²) in [5, 5.41) is 8.47. The van der Waals surface area contributed by atoms with Crippen molar-refractivity contribution in [2.24, 2.45) is 0 Å². The summed E-state index contributed by atoms with van der Waals surface area (Å²) in [7, 11) is 0. The van der Waals surface area contributed by atoms with Crippen molar-refractivity contribution in [2.45, 2.75) is 6.92 Å². The molecule has 0 atom stereocenters. The first-order chi connectivity index (χ1) is 16.0. The Hall–Kier alpha value is -3.79. The van der Waals surface area contributed by atoms with Crippen LogP contribution in [-0.4, -0.2) is 57.1 Å². The minimum absolute atomic E-state index is 0.107. The standard InChI is InChI=1S/C23H22FN7OS/c1-14(32)27-16-3-5-17(6-4-16)28-23(33)31-10-8-30(9-11-31)22-20-18-7-2-15(24)12-19(18)29-21(20)25-13-26-22/h2-7,12-13H,8-11H2,1H3,(H,27,32)(H,28,33)(H,25,26,29). The van der Waals surface area contributed by atoms with Gasteiger partial charge < -0.3 is 25.4 Å². The van der Waals surface area contributed by atoms with Gasteiger partial charge in [-0.05, 0) is 54.7 Å². The first-order valence-electron chi connectivity index (χ1n) is 10.6. The molecule has 2 aromatic heterocycles. The summed E-state index contributed by atoms with van der Waals surface area (Å²) in [5.41, 5.74) is 3.01. The minimum Gasteiger partial charge on any atom is -0.352 e. The number of hydrogen-bond donors (Lipinski definition) is 3. The number of carbonyl (C=O) groups is 1. The second-order valence-electron chi connectivity index (χ2n) is 7.90. The second kappa shape index (κ2) is 8.62. The number of carbonyl (C=O) groups excluding carboxylic acids is 1. The third-order valence-corrected chi connectivity index (χ3v) is 6.01. The van der Waals surface area contributed by atoms with Crippen molar-refractivity contribution in [1.29, 1.82) is 0 Å². The molecule has 2 aromatic carbocycles. The maximum absolute atomic E-state index is 13.7. The van der Waals surface area contributed by atoms with E-state index in [2.05, 4.69) is 35.4 Å². The lowest BCUT2D eigenvalue weighted by Crippen LogP contribution is -2.50. The molecule has 1 saturated heterocycles. The van der Waals surface area contributed by atoms with E-state index < -0.39 is 0 Å². The molecule has 1 aliphatic rings. The zero-order valence-electron chi connectivity index (χ0n) is 17.9. The topological polar surface area (TPSA) is 89.2 Å². The number of benzene rings is 2. The Labute approximate surface area is 194 Å². The van der Waals surface area contributed by atoms with Crippen LogP contribution in [-0.2, 0) is 4.79 Å². The smallest absolute Gasteiger partial charge is 0.221 e. The Morgan fingerprint density at radius 3 is 2.42 bits per heavy atom. The number of fused-ring (bicyclic) bond motifs is 3. The lowest BCUT2D eigenvalue weighted by atomic mass is 10.2. The van der Waals surface area contributed by atoms with Crippen molar-refractivity contribution < 1.29 is 9.18 Å². The maximum atomic E-state index is 13.7. The SMILES string of the molecule is CC(=O)Nc1ccc(NC(=S)N2CCN(c3ncnc4[nH]c5cc(F)ccc5c34)CC2)cc1. The maximum Gasteiger partial charge on any atom is 0.221 e. The van der Waals surface area contributed by atoms with Crippen molar-refractivity contribution in [3.05, 3.63) is 54.6 Å². The van der Waals surface area contributed by atoms with Gasteiger partial charge in [0.15, 0.2) is 5.11 Å². The minimum atomic E-state index is -0.289. The fourth-order valence-corrected chi connectivity index (χ4v) is 4.39. The summed E-state index contributed by atoms with van der Waals surface area (Å²) in [4.78, 5) is 27.6. The summed E-state index contributed by atoms with van der Waals surface area (Å²) < 4.78 is 13.7. The van der Waals surface area contributed by atoms with Crippen LogP contribution in [0.15, 0.2) is 48.8 Å². The number of H-pyrrole nitrogens is 1. The summed E-state index contributed by atoms with van der Waals surface area (Å²) in [6.45, 7) is 4.43. The zero-order valence-corrected chi connectivity index (χ0v) is 18.7. The largest absolute Gasteiger partial charge is 0.352 e. The molecule has 3 N–H and O–H groups in total. The first-order valence-corrected chi connectivity index (χ1v) is 11.0. The Morgan fingerprint density at radius 2 is 1.73 bits per heavy atom. The first kappa shape index (κ1) is 21.1. The number of anilines is 3. The fraction of sp³-hybridized carbons (Fsp3) is 0.217. The molecule has 1 aliphatic heterocycles. The van der Waals surface area contributed by atoms with Crippen LogP contribution >= 0.6 is 12.2 Å². The van der Waals surface area contributed by atoms with E-state index in [0.29, 0.717) is 16.3 Å². The molecule has 0 unspecified atom stereocenters. The molecule has 1 fully saturated rings. The Bertz CT molecular complexity index is 1350. The van der Waals surface area contributed by atoms with E-state index in [0.717, 1.165) is 54.1 Å². The molecule has 1 amide bonds. The molecule has 8 nitrogen and oxygen atoms in total. The predicted molar refractivity (Wildman–Crippen MR) is 132 cm³/mol. The number of aromatic amines is 1. The predicted octanol–water partition coefficient (Wildman–Crippen LogP) is 3.73. The molecule has 3 heterocycles. The van der Waals surface area contributed by atoms with Crippen LogP contribution in [0.2, 0.25) is 0 Å². The molecule has 0 aliphatic carbocycles. The van der Waals surface area contributed by atoms with Gasteiger partial charge in [-0.15, -0.1) is 0 Å². The number of thiocarbonyl (C=S) groups is 1. The number of aromatic nitrogens is 3. The highest BCUT2D eigenvalue weighted by Gasteiger charge is 2.23. The third kappa shape index (κ3) is 4.29. The second-order valence-corrected chi connectivity index (χ2v) is 8.29. The molecule has 5 rings (SSSR count). The van der Waals surface area contributed by atoms with E-state index in [1.54, 1.807) is 6.07 Å². The highest BCUT2D eigenvalue weighted by molar-refractivity contribution is 7.80. The number of rotatable bonds is 3. The molecular weight excluding hydrogens is 441 g/mol. The van der Waals surface area contributed by atoms with E-state index in [9.17, 15) is 9.18 Å². The van der Waals surface area contributed by atoms with Gasteiger partial charge in [-0.2, -0.15) is 0 Å². The number of nitrogens with one attached hydrogen (secondary N) is 3. The molecular formula is C23H22FN7OS. The number of piperazine rings is 1. The zero-order chi connectivity index (χ0) is 22.9. The molecule has 0 saturated carbocycles. The number of hydrogen-bond acceptors (Lipinski definition) is 5. The normalized spacial score (nSPS) is 14.0. The molecule has 0 bridgehead atoms. The lowest BCUT2D eigenvalue weighted by molar-refractivity contribution is -0.114. The van der Waals surface area contributed by atoms with Crippen LogP contribution in [0.1, 0.15) is 6.92 Å². The summed E-state index contributed by atoms with van der Waals surface area (Å²) >= 11 is 5.61. The van der Waals surface area contributed by atoms with Gasteiger partial charge in [0.05, 0.1) is 10.9 Å². The quantitative estimate of drug-likeness (QED) is 0.399. The Morgan fingerprint density at radius 1 is 1.03 bits per heavy atom. The summed E-state index contributed by atoms with van der Waals surface area (Å²) in [6, 6.07) is 12.1. The van der Waals surface area contributed by atoms with Crippen molar-refractivity contribution in [1.82, 2.24) is 19.9 Å². The average Bonchev–Trinajstić information content (AvgIpc) is 3.17. The number of nitrogens with zero attached hydrogens (tertiary/aromatic N) is 4. The number of amides is 1. The molecule has 10 heteroatoms. The third-order valence-electron chi connectivity index (χ3n) is 5.65. The Balaban J connectivity index is 1.27. The Kier molecular flexibility index (Phi) is 5.51. The molecule has 4 aromatic rings. The van der Waals surface area contributed by atoms with E-state index >= 15 is 0 Å². The fourth-order valence-electron chi connectivity index (χ4n) is 4.09. The van der Waals surface area contributed by atoms with Gasteiger partial charge in [0.2, 0.25) is 5.91 Å². The van der Waals surface area contributed by atoms with Crippen molar-refractivity contribution in [3.63, 3.8) is 0 Å². The van der Waals surface area contributed by atoms with Gasteiger partial charge in [-0.25, -0.2) is 14.4 Å². The molecule has 33 heavy (non-hydrogen) atoms. The van der Waals surface area contributed by atoms with Crippen molar-refractivity contribution in [3.8, 4) is 0 Å². The summed E-state index contributed by atoms with van der Waals surface area (Å²) in [5.74, 6) is 0.442. The van der Waals surface area contributed by atoms with Crippen LogP contribution in [0, 0.1) is 5.82 Å². The van der Waals surface area contributed by atoms with Gasteiger partial charge >= 0.3 is 0 Å². The van der Waals surface area contributed by atoms with Gasteiger partial charge in [0.25, 0.3) is 0 Å². The van der Waals surface area contributed by atoms with E-state index in [1.807, 2.05) is 24.3 Å². The molecule has 0 radical (unpaired) electrons. The number of halogens is 1. The van der Waals surface area contributed by atoms with Gasteiger partial charge in [0.1, 0.15) is 23.6 Å². The van der Waals surface area contributed by atoms with Crippen LogP contribution in [0.25, 0.3) is 21.9 Å². The highest BCUT2D eigenvalue weighted by atomic mass is 32.1. The van der Waals surface area contributed by atoms with Gasteiger partial charge in [-0.3, -0.25) is 4.79 Å². The van der Waals surface area contributed by atoms with E-state index in [1.165, 1.54) is 25.4 Å².